The molecule has 0 spiro atoms. The second kappa shape index (κ2) is 6.95. The zero-order chi connectivity index (χ0) is 16.9. The molecule has 0 fully saturated rings. The van der Waals surface area contributed by atoms with Gasteiger partial charge in [-0.15, -0.1) is 0 Å². The van der Waals surface area contributed by atoms with E-state index in [9.17, 15) is 9.59 Å². The summed E-state index contributed by atoms with van der Waals surface area (Å²) < 4.78 is 0. The maximum Gasteiger partial charge on any atom is 0.267 e. The van der Waals surface area contributed by atoms with Gasteiger partial charge in [0.2, 0.25) is 5.91 Å². The Kier molecular flexibility index (Phi) is 4.56. The fourth-order valence-electron chi connectivity index (χ4n) is 2.57. The number of rotatable bonds is 5. The Balaban J connectivity index is 1.73. The van der Waals surface area contributed by atoms with Gasteiger partial charge in [-0.05, 0) is 17.7 Å². The number of hydrogen-bond donors (Lipinski definition) is 2. The number of benzene rings is 2. The van der Waals surface area contributed by atoms with Crippen LogP contribution in [0, 0.1) is 0 Å². The molecular formula is C18H18N4O2. The first-order chi connectivity index (χ1) is 11.6. The highest BCUT2D eigenvalue weighted by molar-refractivity contribution is 6.40. The van der Waals surface area contributed by atoms with E-state index in [1.165, 1.54) is 5.01 Å². The van der Waals surface area contributed by atoms with Gasteiger partial charge in [0, 0.05) is 13.0 Å². The molecule has 0 bridgehead atoms. The van der Waals surface area contributed by atoms with E-state index in [0.717, 1.165) is 11.3 Å². The Morgan fingerprint density at radius 2 is 1.71 bits per heavy atom. The molecule has 3 rings (SSSR count). The van der Waals surface area contributed by atoms with Crippen LogP contribution in [-0.4, -0.2) is 23.6 Å². The van der Waals surface area contributed by atoms with E-state index in [1.54, 1.807) is 0 Å². The lowest BCUT2D eigenvalue weighted by atomic mass is 10.1. The number of amides is 2. The minimum atomic E-state index is -0.648. The first-order valence-electron chi connectivity index (χ1n) is 7.68. The van der Waals surface area contributed by atoms with Crippen LogP contribution in [0.3, 0.4) is 0 Å². The van der Waals surface area contributed by atoms with Crippen molar-refractivity contribution in [1.29, 1.82) is 0 Å². The van der Waals surface area contributed by atoms with Crippen molar-refractivity contribution in [3.8, 4) is 0 Å². The molecule has 2 aromatic rings. The minimum Gasteiger partial charge on any atom is -0.368 e. The summed E-state index contributed by atoms with van der Waals surface area (Å²) in [5.41, 5.74) is 7.50. The summed E-state index contributed by atoms with van der Waals surface area (Å²) in [5.74, 6) is -0.794. The van der Waals surface area contributed by atoms with Crippen LogP contribution in [0.25, 0.3) is 0 Å². The van der Waals surface area contributed by atoms with Crippen molar-refractivity contribution >= 4 is 23.2 Å². The zero-order valence-electron chi connectivity index (χ0n) is 13.1. The van der Waals surface area contributed by atoms with Gasteiger partial charge in [-0.25, -0.2) is 0 Å². The maximum absolute atomic E-state index is 12.3. The van der Waals surface area contributed by atoms with Gasteiger partial charge in [0.1, 0.15) is 11.8 Å². The number of nitrogens with one attached hydrogen (secondary N) is 1. The van der Waals surface area contributed by atoms with Gasteiger partial charge < -0.3 is 11.1 Å². The van der Waals surface area contributed by atoms with Crippen LogP contribution < -0.4 is 16.1 Å². The van der Waals surface area contributed by atoms with E-state index in [-0.39, 0.29) is 12.3 Å². The van der Waals surface area contributed by atoms with Crippen LogP contribution in [0.2, 0.25) is 0 Å². The van der Waals surface area contributed by atoms with Crippen molar-refractivity contribution < 1.29 is 9.59 Å². The van der Waals surface area contributed by atoms with Crippen LogP contribution in [-0.2, 0) is 16.1 Å². The molecule has 1 heterocycles. The fourth-order valence-corrected chi connectivity index (χ4v) is 2.57. The van der Waals surface area contributed by atoms with Gasteiger partial charge in [-0.3, -0.25) is 14.6 Å². The van der Waals surface area contributed by atoms with Crippen LogP contribution in [0.5, 0.6) is 0 Å². The summed E-state index contributed by atoms with van der Waals surface area (Å²) in [6.45, 7) is 0.408. The van der Waals surface area contributed by atoms with Crippen molar-refractivity contribution in [2.24, 2.45) is 10.8 Å². The Bertz CT molecular complexity index is 759. The van der Waals surface area contributed by atoms with Crippen molar-refractivity contribution in [2.75, 3.05) is 5.01 Å². The molecule has 3 N–H and O–H groups in total. The van der Waals surface area contributed by atoms with E-state index in [1.807, 2.05) is 60.7 Å². The van der Waals surface area contributed by atoms with Crippen LogP contribution in [0.15, 0.2) is 65.8 Å². The van der Waals surface area contributed by atoms with Gasteiger partial charge in [-0.2, -0.15) is 5.10 Å². The van der Waals surface area contributed by atoms with E-state index >= 15 is 0 Å². The fraction of sp³-hybridized carbons (Fsp3) is 0.167. The van der Waals surface area contributed by atoms with Crippen molar-refractivity contribution in [3.63, 3.8) is 0 Å². The Morgan fingerprint density at radius 1 is 1.08 bits per heavy atom. The maximum atomic E-state index is 12.3. The highest BCUT2D eigenvalue weighted by Gasteiger charge is 2.34. The number of anilines is 1. The van der Waals surface area contributed by atoms with Gasteiger partial charge in [0.15, 0.2) is 0 Å². The summed E-state index contributed by atoms with van der Waals surface area (Å²) in [4.78, 5) is 24.1. The molecule has 6 heteroatoms. The third-order valence-electron chi connectivity index (χ3n) is 3.82. The zero-order valence-corrected chi connectivity index (χ0v) is 13.1. The molecular weight excluding hydrogens is 304 g/mol. The summed E-state index contributed by atoms with van der Waals surface area (Å²) in [5, 5.41) is 8.65. The predicted octanol–water partition coefficient (Wildman–Crippen LogP) is 1.42. The molecule has 0 unspecified atom stereocenters. The highest BCUT2D eigenvalue weighted by atomic mass is 16.2. The third-order valence-corrected chi connectivity index (χ3v) is 3.82. The number of nitrogens with two attached hydrogens (primary N) is 1. The van der Waals surface area contributed by atoms with E-state index in [2.05, 4.69) is 10.4 Å². The SMILES string of the molecule is NC(=O)[C@@H]1CC(C(=O)NCc2ccccc2)=NN1c1ccccc1. The lowest BCUT2D eigenvalue weighted by molar-refractivity contribution is -0.119. The largest absolute Gasteiger partial charge is 0.368 e. The van der Waals surface area contributed by atoms with Gasteiger partial charge in [0.25, 0.3) is 5.91 Å². The Morgan fingerprint density at radius 3 is 2.33 bits per heavy atom. The number of carbonyl (C=O) groups excluding carboxylic acids is 2. The number of carbonyl (C=O) groups is 2. The normalized spacial score (nSPS) is 16.6. The summed E-state index contributed by atoms with van der Waals surface area (Å²) >= 11 is 0. The Hall–Kier alpha value is -3.15. The molecule has 0 saturated heterocycles. The minimum absolute atomic E-state index is 0.199. The summed E-state index contributed by atoms with van der Waals surface area (Å²) in [6.07, 6.45) is 0.199. The van der Waals surface area contributed by atoms with Gasteiger partial charge in [0.05, 0.1) is 5.69 Å². The molecule has 0 saturated carbocycles. The molecule has 6 nitrogen and oxygen atoms in total. The van der Waals surface area contributed by atoms with Crippen molar-refractivity contribution in [1.82, 2.24) is 5.32 Å². The second-order valence-electron chi connectivity index (χ2n) is 5.52. The highest BCUT2D eigenvalue weighted by Crippen LogP contribution is 2.24. The predicted molar refractivity (Wildman–Crippen MR) is 92.2 cm³/mol. The van der Waals surface area contributed by atoms with Crippen molar-refractivity contribution in [2.45, 2.75) is 19.0 Å². The Labute approximate surface area is 140 Å². The first-order valence-corrected chi connectivity index (χ1v) is 7.68. The van der Waals surface area contributed by atoms with E-state index < -0.39 is 11.9 Å². The van der Waals surface area contributed by atoms with Gasteiger partial charge in [-0.1, -0.05) is 48.5 Å². The second-order valence-corrected chi connectivity index (χ2v) is 5.52. The molecule has 0 radical (unpaired) electrons. The molecule has 122 valence electrons. The molecule has 1 aliphatic rings. The van der Waals surface area contributed by atoms with E-state index in [0.29, 0.717) is 12.3 Å². The number of para-hydroxylation sites is 1. The van der Waals surface area contributed by atoms with Gasteiger partial charge >= 0.3 is 0 Å². The summed E-state index contributed by atoms with van der Waals surface area (Å²) in [7, 11) is 0. The molecule has 0 aliphatic carbocycles. The molecule has 2 aromatic carbocycles. The number of primary amides is 1. The van der Waals surface area contributed by atoms with Crippen LogP contribution >= 0.6 is 0 Å². The van der Waals surface area contributed by atoms with Crippen LogP contribution in [0.4, 0.5) is 5.69 Å². The third kappa shape index (κ3) is 3.43. The summed E-state index contributed by atoms with van der Waals surface area (Å²) in [6, 6.07) is 18.2. The van der Waals surface area contributed by atoms with Crippen molar-refractivity contribution in [3.05, 3.63) is 66.2 Å². The standard InChI is InChI=1S/C18H18N4O2/c19-17(23)16-11-15(21-22(16)14-9-5-2-6-10-14)18(24)20-12-13-7-3-1-4-8-13/h1-10,16H,11-12H2,(H2,19,23)(H,20,24)/t16-/m0/s1. The lowest BCUT2D eigenvalue weighted by Gasteiger charge is -2.20. The number of hydrazone groups is 1. The topological polar surface area (TPSA) is 87.8 Å². The lowest BCUT2D eigenvalue weighted by Crippen LogP contribution is -2.39. The molecule has 0 aromatic heterocycles. The number of nitrogens with zero attached hydrogens (tertiary/aromatic N) is 2. The first kappa shape index (κ1) is 15.7. The smallest absolute Gasteiger partial charge is 0.267 e. The average molecular weight is 322 g/mol. The number of hydrogen-bond acceptors (Lipinski definition) is 4. The molecule has 24 heavy (non-hydrogen) atoms. The monoisotopic (exact) mass is 322 g/mol. The molecule has 2 amide bonds. The quantitative estimate of drug-likeness (QED) is 0.873. The van der Waals surface area contributed by atoms with E-state index in [4.69, 9.17) is 5.73 Å². The van der Waals surface area contributed by atoms with Crippen LogP contribution in [0.1, 0.15) is 12.0 Å². The molecule has 1 atom stereocenters. The average Bonchev–Trinajstić information content (AvgIpc) is 3.07. The molecule has 1 aliphatic heterocycles.